The number of hydrogen-bond donors (Lipinski definition) is 1. The van der Waals surface area contributed by atoms with Crippen LogP contribution in [0.5, 0.6) is 11.7 Å². The second-order valence-electron chi connectivity index (χ2n) is 5.98. The SMILES string of the molecule is COc1ccccc1CCc1nc(/C=C2\C=Nc3ccccc32)c(O)o1. The average molecular weight is 346 g/mol. The van der Waals surface area contributed by atoms with Crippen LogP contribution in [0.4, 0.5) is 5.69 Å². The van der Waals surface area contributed by atoms with Gasteiger partial charge in [0.15, 0.2) is 5.89 Å². The highest BCUT2D eigenvalue weighted by Gasteiger charge is 2.16. The average Bonchev–Trinajstić information content (AvgIpc) is 3.24. The summed E-state index contributed by atoms with van der Waals surface area (Å²) in [6.07, 6.45) is 4.85. The molecule has 1 aliphatic rings. The number of nitrogens with zero attached hydrogens (tertiary/aromatic N) is 2. The summed E-state index contributed by atoms with van der Waals surface area (Å²) in [7, 11) is 1.65. The van der Waals surface area contributed by atoms with E-state index in [9.17, 15) is 5.11 Å². The van der Waals surface area contributed by atoms with E-state index >= 15 is 0 Å². The summed E-state index contributed by atoms with van der Waals surface area (Å²) < 4.78 is 10.8. The highest BCUT2D eigenvalue weighted by molar-refractivity contribution is 6.21. The molecule has 0 bridgehead atoms. The van der Waals surface area contributed by atoms with Crippen molar-refractivity contribution in [3.05, 3.63) is 71.2 Å². The summed E-state index contributed by atoms with van der Waals surface area (Å²) in [6, 6.07) is 15.7. The van der Waals surface area contributed by atoms with Crippen LogP contribution in [0, 0.1) is 0 Å². The minimum atomic E-state index is -0.176. The topological polar surface area (TPSA) is 67.9 Å². The van der Waals surface area contributed by atoms with Crippen LogP contribution in [0.15, 0.2) is 57.9 Å². The summed E-state index contributed by atoms with van der Waals surface area (Å²) in [5, 5.41) is 10.1. The van der Waals surface area contributed by atoms with Gasteiger partial charge in [0.1, 0.15) is 11.4 Å². The van der Waals surface area contributed by atoms with E-state index in [0.717, 1.165) is 28.1 Å². The van der Waals surface area contributed by atoms with Crippen LogP contribution in [-0.4, -0.2) is 23.4 Å². The molecule has 0 spiro atoms. The molecule has 1 N–H and O–H groups in total. The van der Waals surface area contributed by atoms with E-state index in [1.165, 1.54) is 0 Å². The van der Waals surface area contributed by atoms with Gasteiger partial charge in [0.05, 0.1) is 12.8 Å². The number of methoxy groups -OCH3 is 1. The van der Waals surface area contributed by atoms with Crippen LogP contribution in [0.1, 0.15) is 22.7 Å². The first-order valence-corrected chi connectivity index (χ1v) is 8.40. The van der Waals surface area contributed by atoms with Crippen molar-refractivity contribution >= 4 is 23.6 Å². The van der Waals surface area contributed by atoms with E-state index in [0.29, 0.717) is 24.4 Å². The molecule has 3 aromatic rings. The molecule has 0 atom stereocenters. The van der Waals surface area contributed by atoms with Crippen LogP contribution < -0.4 is 4.74 Å². The molecule has 1 aliphatic heterocycles. The molecule has 0 saturated carbocycles. The molecular formula is C21H18N2O3. The number of para-hydroxylation sites is 2. The van der Waals surface area contributed by atoms with Crippen molar-refractivity contribution in [1.82, 2.24) is 4.98 Å². The predicted molar refractivity (Wildman–Crippen MR) is 101 cm³/mol. The maximum absolute atomic E-state index is 10.1. The molecule has 5 heteroatoms. The van der Waals surface area contributed by atoms with Crippen molar-refractivity contribution in [1.29, 1.82) is 0 Å². The van der Waals surface area contributed by atoms with E-state index in [4.69, 9.17) is 9.15 Å². The second kappa shape index (κ2) is 6.88. The number of allylic oxidation sites excluding steroid dienone is 1. The zero-order valence-corrected chi connectivity index (χ0v) is 14.3. The third-order valence-corrected chi connectivity index (χ3v) is 4.33. The molecule has 0 saturated heterocycles. The number of fused-ring (bicyclic) bond motifs is 1. The summed E-state index contributed by atoms with van der Waals surface area (Å²) in [4.78, 5) is 8.78. The van der Waals surface area contributed by atoms with Crippen molar-refractivity contribution in [2.24, 2.45) is 4.99 Å². The van der Waals surface area contributed by atoms with E-state index < -0.39 is 0 Å². The van der Waals surface area contributed by atoms with Crippen LogP contribution in [-0.2, 0) is 12.8 Å². The van der Waals surface area contributed by atoms with Crippen LogP contribution in [0.2, 0.25) is 0 Å². The Hall–Kier alpha value is -3.34. The molecule has 5 nitrogen and oxygen atoms in total. The lowest BCUT2D eigenvalue weighted by Crippen LogP contribution is -1.95. The Morgan fingerprint density at radius 2 is 1.88 bits per heavy atom. The highest BCUT2D eigenvalue weighted by atomic mass is 16.5. The van der Waals surface area contributed by atoms with Gasteiger partial charge in [-0.3, -0.25) is 4.99 Å². The fraction of sp³-hybridized carbons (Fsp3) is 0.143. The molecule has 0 aliphatic carbocycles. The molecule has 2 aromatic carbocycles. The van der Waals surface area contributed by atoms with Crippen molar-refractivity contribution in [2.45, 2.75) is 12.8 Å². The van der Waals surface area contributed by atoms with Crippen LogP contribution >= 0.6 is 0 Å². The second-order valence-corrected chi connectivity index (χ2v) is 5.98. The quantitative estimate of drug-likeness (QED) is 0.742. The largest absolute Gasteiger partial charge is 0.496 e. The number of aliphatic imine (C=N–C) groups is 1. The zero-order valence-electron chi connectivity index (χ0n) is 14.3. The molecule has 2 heterocycles. The predicted octanol–water partition coefficient (Wildman–Crippen LogP) is 4.43. The van der Waals surface area contributed by atoms with Crippen LogP contribution in [0.25, 0.3) is 11.6 Å². The molecular weight excluding hydrogens is 328 g/mol. The van der Waals surface area contributed by atoms with E-state index in [1.807, 2.05) is 48.5 Å². The monoisotopic (exact) mass is 346 g/mol. The lowest BCUT2D eigenvalue weighted by molar-refractivity contribution is 0.316. The number of aromatic nitrogens is 1. The first kappa shape index (κ1) is 16.1. The summed E-state index contributed by atoms with van der Waals surface area (Å²) in [6.45, 7) is 0. The van der Waals surface area contributed by atoms with Gasteiger partial charge in [0.2, 0.25) is 0 Å². The van der Waals surface area contributed by atoms with E-state index in [1.54, 1.807) is 19.4 Å². The third kappa shape index (κ3) is 3.11. The van der Waals surface area contributed by atoms with E-state index in [-0.39, 0.29) is 5.95 Å². The summed E-state index contributed by atoms with van der Waals surface area (Å²) in [5.74, 6) is 1.15. The fourth-order valence-corrected chi connectivity index (χ4v) is 3.02. The Balaban J connectivity index is 1.54. The number of aromatic hydroxyl groups is 1. The molecule has 4 rings (SSSR count). The Morgan fingerprint density at radius 3 is 2.77 bits per heavy atom. The van der Waals surface area contributed by atoms with Gasteiger partial charge in [-0.1, -0.05) is 36.4 Å². The van der Waals surface area contributed by atoms with Crippen molar-refractivity contribution in [2.75, 3.05) is 7.11 Å². The van der Waals surface area contributed by atoms with Gasteiger partial charge in [0, 0.05) is 23.8 Å². The minimum absolute atomic E-state index is 0.176. The van der Waals surface area contributed by atoms with E-state index in [2.05, 4.69) is 9.98 Å². The summed E-state index contributed by atoms with van der Waals surface area (Å²) >= 11 is 0. The number of oxazole rings is 1. The van der Waals surface area contributed by atoms with Gasteiger partial charge in [-0.25, -0.2) is 4.98 Å². The third-order valence-electron chi connectivity index (χ3n) is 4.33. The molecule has 0 unspecified atom stereocenters. The Labute approximate surface area is 151 Å². The smallest absolute Gasteiger partial charge is 0.310 e. The van der Waals surface area contributed by atoms with Gasteiger partial charge in [-0.2, -0.15) is 0 Å². The number of rotatable bonds is 5. The minimum Gasteiger partial charge on any atom is -0.496 e. The van der Waals surface area contributed by atoms with Gasteiger partial charge >= 0.3 is 5.95 Å². The number of aryl methyl sites for hydroxylation is 2. The number of ether oxygens (including phenoxy) is 1. The molecule has 130 valence electrons. The van der Waals surface area contributed by atoms with Gasteiger partial charge < -0.3 is 14.3 Å². The maximum atomic E-state index is 10.1. The zero-order chi connectivity index (χ0) is 17.9. The highest BCUT2D eigenvalue weighted by Crippen LogP contribution is 2.33. The molecule has 26 heavy (non-hydrogen) atoms. The van der Waals surface area contributed by atoms with Crippen molar-refractivity contribution in [3.8, 4) is 11.7 Å². The first-order chi connectivity index (χ1) is 12.7. The Kier molecular flexibility index (Phi) is 4.27. The lowest BCUT2D eigenvalue weighted by Gasteiger charge is -2.06. The Bertz CT molecular complexity index is 1000. The molecule has 0 fully saturated rings. The standard InChI is InChI=1S/C21H18N2O3/c1-25-19-9-5-2-6-14(19)10-11-20-23-18(21(24)26-20)12-15-13-22-17-8-4-3-7-16(15)17/h2-9,12-13,24H,10-11H2,1H3/b15-12+. The molecule has 1 aromatic heterocycles. The van der Waals surface area contributed by atoms with Gasteiger partial charge in [-0.05, 0) is 30.2 Å². The lowest BCUT2D eigenvalue weighted by atomic mass is 10.1. The van der Waals surface area contributed by atoms with Crippen LogP contribution in [0.3, 0.4) is 0 Å². The normalized spacial score (nSPS) is 14.0. The molecule has 0 radical (unpaired) electrons. The summed E-state index contributed by atoms with van der Waals surface area (Å²) in [5.41, 5.74) is 4.33. The van der Waals surface area contributed by atoms with Gasteiger partial charge in [-0.15, -0.1) is 0 Å². The van der Waals surface area contributed by atoms with Crippen molar-refractivity contribution < 1.29 is 14.3 Å². The number of benzene rings is 2. The first-order valence-electron chi connectivity index (χ1n) is 8.40. The van der Waals surface area contributed by atoms with Crippen molar-refractivity contribution in [3.63, 3.8) is 0 Å². The van der Waals surface area contributed by atoms with Gasteiger partial charge in [0.25, 0.3) is 0 Å². The fourth-order valence-electron chi connectivity index (χ4n) is 3.02. The Morgan fingerprint density at radius 1 is 1.08 bits per heavy atom. The maximum Gasteiger partial charge on any atom is 0.310 e. The molecule has 0 amide bonds. The number of hydrogen-bond acceptors (Lipinski definition) is 5.